The van der Waals surface area contributed by atoms with Crippen molar-refractivity contribution in [1.29, 1.82) is 0 Å². The minimum absolute atomic E-state index is 0.0757. The molecule has 0 aromatic carbocycles. The van der Waals surface area contributed by atoms with Gasteiger partial charge in [0.2, 0.25) is 0 Å². The van der Waals surface area contributed by atoms with Crippen molar-refractivity contribution in [3.05, 3.63) is 0 Å². The number of carbonyl (C=O) groups is 1. The van der Waals surface area contributed by atoms with E-state index in [4.69, 9.17) is 12.2 Å². The van der Waals surface area contributed by atoms with Crippen LogP contribution in [0, 0.1) is 0 Å². The largest absolute Gasteiger partial charge is 0.350 e. The summed E-state index contributed by atoms with van der Waals surface area (Å²) in [6.45, 7) is 0. The molecule has 2 aliphatic rings. The molecule has 0 aromatic rings. The van der Waals surface area contributed by atoms with Gasteiger partial charge in [0.1, 0.15) is 6.04 Å². The van der Waals surface area contributed by atoms with Crippen LogP contribution in [0.25, 0.3) is 0 Å². The van der Waals surface area contributed by atoms with Gasteiger partial charge in [-0.25, -0.2) is 0 Å². The fourth-order valence-electron chi connectivity index (χ4n) is 2.84. The van der Waals surface area contributed by atoms with Crippen molar-refractivity contribution in [3.63, 3.8) is 0 Å². The van der Waals surface area contributed by atoms with E-state index in [0.717, 1.165) is 25.0 Å². The van der Waals surface area contributed by atoms with Crippen molar-refractivity contribution < 1.29 is 4.79 Å². The highest BCUT2D eigenvalue weighted by Crippen LogP contribution is 2.25. The van der Waals surface area contributed by atoms with Crippen molar-refractivity contribution in [1.82, 2.24) is 10.2 Å². The molecule has 1 aliphatic heterocycles. The number of hydrogen-bond donors (Lipinski definition) is 1. The molecule has 1 aliphatic carbocycles. The minimum Gasteiger partial charge on any atom is -0.350 e. The topological polar surface area (TPSA) is 32.3 Å². The molecule has 1 saturated heterocycles. The number of hydrogen-bond acceptors (Lipinski definition) is 3. The van der Waals surface area contributed by atoms with Crippen molar-refractivity contribution in [2.75, 3.05) is 12.0 Å². The summed E-state index contributed by atoms with van der Waals surface area (Å²) >= 11 is 7.14. The Morgan fingerprint density at radius 1 is 1.33 bits per heavy atom. The molecule has 0 unspecified atom stereocenters. The Labute approximate surface area is 119 Å². The Kier molecular flexibility index (Phi) is 5.30. The number of nitrogens with one attached hydrogen (secondary N) is 1. The van der Waals surface area contributed by atoms with E-state index < -0.39 is 0 Å². The minimum atomic E-state index is -0.0757. The Balaban J connectivity index is 1.99. The number of amides is 1. The Morgan fingerprint density at radius 2 is 2.00 bits per heavy atom. The lowest BCUT2D eigenvalue weighted by atomic mass is 10.1. The molecule has 0 bridgehead atoms. The van der Waals surface area contributed by atoms with Gasteiger partial charge in [-0.2, -0.15) is 11.8 Å². The van der Waals surface area contributed by atoms with Crippen LogP contribution in [0.5, 0.6) is 0 Å². The molecule has 2 rings (SSSR count). The number of nitrogens with zero attached hydrogens (tertiary/aromatic N) is 1. The number of thioether (sulfide) groups is 1. The van der Waals surface area contributed by atoms with E-state index in [0.29, 0.717) is 11.2 Å². The van der Waals surface area contributed by atoms with Gasteiger partial charge in [-0.05, 0) is 43.5 Å². The second kappa shape index (κ2) is 6.75. The molecule has 0 radical (unpaired) electrons. The van der Waals surface area contributed by atoms with E-state index in [1.807, 2.05) is 4.90 Å². The van der Waals surface area contributed by atoms with Crippen molar-refractivity contribution in [2.24, 2.45) is 0 Å². The summed E-state index contributed by atoms with van der Waals surface area (Å²) < 4.78 is 0. The summed E-state index contributed by atoms with van der Waals surface area (Å²) in [6.07, 6.45) is 10.2. The van der Waals surface area contributed by atoms with Crippen LogP contribution in [-0.2, 0) is 4.79 Å². The first-order valence-corrected chi connectivity index (χ1v) is 8.66. The lowest BCUT2D eigenvalue weighted by Crippen LogP contribution is -2.40. The number of carbonyl (C=O) groups excluding carboxylic acids is 1. The zero-order chi connectivity index (χ0) is 13.0. The standard InChI is InChI=1S/C13H22N2OS2/c1-18-9-8-11-12(16)15(13(17)14-11)10-6-4-2-3-5-7-10/h10-11H,2-9H2,1H3,(H,14,17)/t11-/m1/s1. The second-order valence-electron chi connectivity index (χ2n) is 5.14. The van der Waals surface area contributed by atoms with Crippen molar-refractivity contribution in [3.8, 4) is 0 Å². The molecule has 5 heteroatoms. The predicted molar refractivity (Wildman–Crippen MR) is 80.9 cm³/mol. The molecule has 102 valence electrons. The van der Waals surface area contributed by atoms with Gasteiger partial charge in [0.25, 0.3) is 5.91 Å². The number of thiocarbonyl (C=S) groups is 1. The normalized spacial score (nSPS) is 26.3. The van der Waals surface area contributed by atoms with Gasteiger partial charge in [0.05, 0.1) is 0 Å². The molecule has 2 fully saturated rings. The molecular formula is C13H22N2OS2. The van der Waals surface area contributed by atoms with E-state index in [-0.39, 0.29) is 11.9 Å². The summed E-state index contributed by atoms with van der Waals surface area (Å²) in [5.41, 5.74) is 0. The summed E-state index contributed by atoms with van der Waals surface area (Å²) in [4.78, 5) is 14.3. The molecule has 3 nitrogen and oxygen atoms in total. The highest BCUT2D eigenvalue weighted by Gasteiger charge is 2.38. The third-order valence-corrected chi connectivity index (χ3v) is 4.81. The maximum atomic E-state index is 12.4. The first-order valence-electron chi connectivity index (χ1n) is 6.86. The first kappa shape index (κ1) is 14.1. The summed E-state index contributed by atoms with van der Waals surface area (Å²) in [6, 6.07) is 0.271. The lowest BCUT2D eigenvalue weighted by Gasteiger charge is -2.25. The van der Waals surface area contributed by atoms with Gasteiger partial charge in [-0.1, -0.05) is 25.7 Å². The fourth-order valence-corrected chi connectivity index (χ4v) is 3.69. The highest BCUT2D eigenvalue weighted by atomic mass is 32.2. The molecular weight excluding hydrogens is 264 g/mol. The maximum absolute atomic E-state index is 12.4. The van der Waals surface area contributed by atoms with Crippen LogP contribution in [0.1, 0.15) is 44.9 Å². The molecule has 1 N–H and O–H groups in total. The molecule has 18 heavy (non-hydrogen) atoms. The van der Waals surface area contributed by atoms with Crippen molar-refractivity contribution in [2.45, 2.75) is 57.0 Å². The summed E-state index contributed by atoms with van der Waals surface area (Å²) in [7, 11) is 0. The van der Waals surface area contributed by atoms with Gasteiger partial charge < -0.3 is 5.32 Å². The SMILES string of the molecule is CSCC[C@H]1NC(=S)N(C2CCCCCC2)C1=O. The Bertz CT molecular complexity index is 314. The second-order valence-corrected chi connectivity index (χ2v) is 6.51. The zero-order valence-electron chi connectivity index (χ0n) is 11.0. The number of rotatable bonds is 4. The van der Waals surface area contributed by atoms with E-state index in [2.05, 4.69) is 11.6 Å². The molecule has 1 amide bonds. The van der Waals surface area contributed by atoms with Crippen LogP contribution in [0.2, 0.25) is 0 Å². The van der Waals surface area contributed by atoms with Crippen LogP contribution in [0.3, 0.4) is 0 Å². The van der Waals surface area contributed by atoms with Gasteiger partial charge >= 0.3 is 0 Å². The van der Waals surface area contributed by atoms with E-state index in [9.17, 15) is 4.79 Å². The van der Waals surface area contributed by atoms with Crippen molar-refractivity contribution >= 4 is 35.0 Å². The molecule has 1 atom stereocenters. The van der Waals surface area contributed by atoms with Gasteiger partial charge in [-0.3, -0.25) is 9.69 Å². The smallest absolute Gasteiger partial charge is 0.251 e. The van der Waals surface area contributed by atoms with Gasteiger partial charge in [0, 0.05) is 6.04 Å². The third kappa shape index (κ3) is 3.18. The quantitative estimate of drug-likeness (QED) is 0.636. The van der Waals surface area contributed by atoms with Crippen LogP contribution < -0.4 is 5.32 Å². The summed E-state index contributed by atoms with van der Waals surface area (Å²) in [5.74, 6) is 1.21. The third-order valence-electron chi connectivity index (χ3n) is 3.85. The van der Waals surface area contributed by atoms with E-state index >= 15 is 0 Å². The Hall–Kier alpha value is -0.290. The van der Waals surface area contributed by atoms with Crippen LogP contribution in [0.4, 0.5) is 0 Å². The summed E-state index contributed by atoms with van der Waals surface area (Å²) in [5, 5.41) is 3.87. The Morgan fingerprint density at radius 3 is 2.61 bits per heavy atom. The molecule has 1 saturated carbocycles. The van der Waals surface area contributed by atoms with E-state index in [1.54, 1.807) is 11.8 Å². The fraction of sp³-hybridized carbons (Fsp3) is 0.846. The van der Waals surface area contributed by atoms with Crippen LogP contribution in [-0.4, -0.2) is 40.0 Å². The maximum Gasteiger partial charge on any atom is 0.251 e. The monoisotopic (exact) mass is 286 g/mol. The van der Waals surface area contributed by atoms with Gasteiger partial charge in [-0.15, -0.1) is 0 Å². The first-order chi connectivity index (χ1) is 8.74. The zero-order valence-corrected chi connectivity index (χ0v) is 12.6. The average Bonchev–Trinajstić information content (AvgIpc) is 2.58. The van der Waals surface area contributed by atoms with E-state index in [1.165, 1.54) is 25.7 Å². The van der Waals surface area contributed by atoms with Crippen LogP contribution in [0.15, 0.2) is 0 Å². The average molecular weight is 286 g/mol. The predicted octanol–water partition coefficient (Wildman–Crippen LogP) is 2.55. The molecule has 0 aromatic heterocycles. The molecule has 1 heterocycles. The highest BCUT2D eigenvalue weighted by molar-refractivity contribution is 7.98. The molecule has 0 spiro atoms. The van der Waals surface area contributed by atoms with Gasteiger partial charge in [0.15, 0.2) is 5.11 Å². The lowest BCUT2D eigenvalue weighted by molar-refractivity contribution is -0.128. The van der Waals surface area contributed by atoms with Crippen LogP contribution >= 0.6 is 24.0 Å².